The zero-order valence-corrected chi connectivity index (χ0v) is 20.6. The highest BCUT2D eigenvalue weighted by Crippen LogP contribution is 2.53. The van der Waals surface area contributed by atoms with Crippen LogP contribution < -0.4 is 5.32 Å². The molecule has 2 amide bonds. The Bertz CT molecular complexity index is 1280. The number of benzene rings is 3. The molecule has 1 saturated heterocycles. The Morgan fingerprint density at radius 2 is 1.44 bits per heavy atom. The number of carbonyl (C=O) groups is 1. The summed E-state index contributed by atoms with van der Waals surface area (Å²) in [6, 6.07) is 17.1. The van der Waals surface area contributed by atoms with Gasteiger partial charge in [0.25, 0.3) is 0 Å². The first-order valence-electron chi connectivity index (χ1n) is 11.9. The van der Waals surface area contributed by atoms with Crippen LogP contribution in [0.25, 0.3) is 0 Å². The monoisotopic (exact) mass is 556 g/mol. The minimum absolute atomic E-state index is 0.0627. The molecule has 3 nitrogen and oxygen atoms in total. The Kier molecular flexibility index (Phi) is 7.39. The van der Waals surface area contributed by atoms with Crippen LogP contribution in [0, 0.1) is 5.82 Å². The van der Waals surface area contributed by atoms with Gasteiger partial charge in [-0.05, 0) is 28.8 Å². The number of likely N-dealkylation sites (tertiary alicyclic amines) is 1. The number of halogens is 8. The van der Waals surface area contributed by atoms with Crippen LogP contribution in [-0.2, 0) is 17.6 Å². The van der Waals surface area contributed by atoms with E-state index in [0.717, 1.165) is 17.7 Å². The molecule has 1 heterocycles. The Labute approximate surface area is 219 Å². The summed E-state index contributed by atoms with van der Waals surface area (Å²) >= 11 is 0. The smallest absolute Gasteiger partial charge is 0.334 e. The van der Waals surface area contributed by atoms with Crippen molar-refractivity contribution in [2.45, 2.75) is 42.8 Å². The summed E-state index contributed by atoms with van der Waals surface area (Å²) in [5.74, 6) is -1.11. The molecule has 1 fully saturated rings. The van der Waals surface area contributed by atoms with Crippen LogP contribution in [-0.4, -0.2) is 36.4 Å². The lowest BCUT2D eigenvalue weighted by molar-refractivity contribution is -0.348. The average molecular weight is 556 g/mol. The highest BCUT2D eigenvalue weighted by atomic mass is 19.4. The Balaban J connectivity index is 1.66. The highest BCUT2D eigenvalue weighted by molar-refractivity contribution is 5.75. The summed E-state index contributed by atoms with van der Waals surface area (Å²) in [5.41, 5.74) is -6.26. The second-order valence-electron chi connectivity index (χ2n) is 9.78. The van der Waals surface area contributed by atoms with Crippen LogP contribution in [0.4, 0.5) is 39.9 Å². The van der Waals surface area contributed by atoms with Crippen LogP contribution in [0.15, 0.2) is 78.9 Å². The molecule has 0 bridgehead atoms. The molecule has 0 aliphatic carbocycles. The van der Waals surface area contributed by atoms with E-state index >= 15 is 0 Å². The largest absolute Gasteiger partial charge is 0.435 e. The number of carbonyl (C=O) groups excluding carboxylic acids is 1. The van der Waals surface area contributed by atoms with Crippen LogP contribution in [0.3, 0.4) is 0 Å². The van der Waals surface area contributed by atoms with Gasteiger partial charge < -0.3 is 10.2 Å². The summed E-state index contributed by atoms with van der Waals surface area (Å²) < 4.78 is 108. The van der Waals surface area contributed by atoms with Crippen LogP contribution in [0.5, 0.6) is 0 Å². The van der Waals surface area contributed by atoms with Crippen molar-refractivity contribution < 1.29 is 39.9 Å². The van der Waals surface area contributed by atoms with Crippen LogP contribution in [0.2, 0.25) is 0 Å². The fourth-order valence-corrected chi connectivity index (χ4v) is 5.06. The van der Waals surface area contributed by atoms with Crippen molar-refractivity contribution >= 4 is 6.03 Å². The van der Waals surface area contributed by atoms with Gasteiger partial charge in [-0.2, -0.15) is 26.3 Å². The first kappa shape index (κ1) is 28.4. The van der Waals surface area contributed by atoms with E-state index in [9.17, 15) is 39.9 Å². The fourth-order valence-electron chi connectivity index (χ4n) is 5.06. The zero-order chi connectivity index (χ0) is 28.6. The number of urea groups is 1. The summed E-state index contributed by atoms with van der Waals surface area (Å²) in [6.07, 6.45) is -12.5. The maximum atomic E-state index is 14.5. The van der Waals surface area contributed by atoms with Gasteiger partial charge in [-0.25, -0.2) is 13.6 Å². The topological polar surface area (TPSA) is 32.3 Å². The van der Waals surface area contributed by atoms with Crippen molar-refractivity contribution in [2.24, 2.45) is 0 Å². The summed E-state index contributed by atoms with van der Waals surface area (Å²) in [5, 5.41) is 2.80. The second kappa shape index (κ2) is 10.2. The zero-order valence-electron chi connectivity index (χ0n) is 20.6. The molecule has 0 radical (unpaired) electrons. The van der Waals surface area contributed by atoms with Crippen molar-refractivity contribution in [3.8, 4) is 0 Å². The second-order valence-corrected chi connectivity index (χ2v) is 9.78. The lowest BCUT2D eigenvalue weighted by Crippen LogP contribution is -2.50. The number of rotatable bonds is 5. The molecule has 0 unspecified atom stereocenters. The predicted octanol–water partition coefficient (Wildman–Crippen LogP) is 7.38. The summed E-state index contributed by atoms with van der Waals surface area (Å²) in [4.78, 5) is 14.5. The molecule has 4 rings (SSSR count). The third-order valence-electron chi connectivity index (χ3n) is 7.26. The molecule has 11 heteroatoms. The lowest BCUT2D eigenvalue weighted by Gasteiger charge is -2.33. The predicted molar refractivity (Wildman–Crippen MR) is 128 cm³/mol. The first-order valence-corrected chi connectivity index (χ1v) is 11.9. The van der Waals surface area contributed by atoms with Crippen molar-refractivity contribution in [2.75, 3.05) is 13.1 Å². The van der Waals surface area contributed by atoms with Crippen molar-refractivity contribution in [3.63, 3.8) is 0 Å². The molecule has 39 heavy (non-hydrogen) atoms. The van der Waals surface area contributed by atoms with Gasteiger partial charge >= 0.3 is 24.1 Å². The molecule has 0 spiro atoms. The molecule has 3 aromatic rings. The Morgan fingerprint density at radius 1 is 0.872 bits per heavy atom. The summed E-state index contributed by atoms with van der Waals surface area (Å²) in [6.45, 7) is 2.20. The van der Waals surface area contributed by atoms with E-state index in [1.807, 2.05) is 30.3 Å². The Hall–Kier alpha value is -3.63. The normalized spacial score (nSPS) is 20.2. The van der Waals surface area contributed by atoms with Gasteiger partial charge in [0, 0.05) is 36.5 Å². The Morgan fingerprint density at radius 3 is 1.97 bits per heavy atom. The van der Waals surface area contributed by atoms with Crippen molar-refractivity contribution in [1.29, 1.82) is 0 Å². The number of amides is 2. The molecular weight excluding hydrogens is 532 g/mol. The molecule has 1 N–H and O–H groups in total. The van der Waals surface area contributed by atoms with E-state index in [2.05, 4.69) is 5.32 Å². The van der Waals surface area contributed by atoms with Crippen molar-refractivity contribution in [3.05, 3.63) is 107 Å². The minimum atomic E-state index is -6.23. The molecule has 2 atom stereocenters. The summed E-state index contributed by atoms with van der Waals surface area (Å²) in [7, 11) is 0. The number of alkyl halides is 7. The van der Waals surface area contributed by atoms with E-state index in [4.69, 9.17) is 0 Å². The van der Waals surface area contributed by atoms with E-state index in [1.165, 1.54) is 29.2 Å². The van der Waals surface area contributed by atoms with Gasteiger partial charge in [0.2, 0.25) is 0 Å². The minimum Gasteiger partial charge on any atom is -0.334 e. The standard InChI is InChI=1S/C28H24F8N2O/c1-25(20-11-13-22(29)14-12-20)17-38(24(39)37-15-18-5-3-2-4-6-18)16-23(25)19-7-9-21(10-8-19)26(30,27(31,32)33)28(34,35)36/h2-14,23H,15-17H2,1H3,(H,37,39)/t23-,25+/m0/s1. The molecule has 1 aliphatic rings. The highest BCUT2D eigenvalue weighted by Gasteiger charge is 2.73. The first-order chi connectivity index (χ1) is 18.2. The fraction of sp³-hybridized carbons (Fsp3) is 0.321. The van der Waals surface area contributed by atoms with Crippen LogP contribution in [0.1, 0.15) is 35.1 Å². The van der Waals surface area contributed by atoms with Gasteiger partial charge in [-0.3, -0.25) is 0 Å². The maximum absolute atomic E-state index is 14.5. The van der Waals surface area contributed by atoms with Gasteiger partial charge in [0.05, 0.1) is 0 Å². The third-order valence-corrected chi connectivity index (χ3v) is 7.26. The molecule has 208 valence electrons. The molecule has 3 aromatic carbocycles. The maximum Gasteiger partial charge on any atom is 0.435 e. The lowest BCUT2D eigenvalue weighted by atomic mass is 9.71. The van der Waals surface area contributed by atoms with Crippen molar-refractivity contribution in [1.82, 2.24) is 10.2 Å². The number of hydrogen-bond donors (Lipinski definition) is 1. The molecular formula is C28H24F8N2O. The van der Waals surface area contributed by atoms with Gasteiger partial charge in [0.15, 0.2) is 0 Å². The van der Waals surface area contributed by atoms with E-state index in [-0.39, 0.29) is 19.6 Å². The average Bonchev–Trinajstić information content (AvgIpc) is 3.25. The SMILES string of the molecule is C[C@]1(c2ccc(F)cc2)CN(C(=O)NCc2ccccc2)C[C@H]1c1ccc(C(F)(C(F)(F)F)C(F)(F)F)cc1. The molecule has 1 aliphatic heterocycles. The van der Waals surface area contributed by atoms with Gasteiger partial charge in [-0.1, -0.05) is 73.7 Å². The third kappa shape index (κ3) is 5.31. The van der Waals surface area contributed by atoms with Gasteiger partial charge in [-0.15, -0.1) is 0 Å². The quantitative estimate of drug-likeness (QED) is 0.327. The van der Waals surface area contributed by atoms with E-state index in [0.29, 0.717) is 23.3 Å². The molecule has 0 aromatic heterocycles. The van der Waals surface area contributed by atoms with E-state index < -0.39 is 46.8 Å². The number of hydrogen-bond acceptors (Lipinski definition) is 1. The van der Waals surface area contributed by atoms with Gasteiger partial charge in [0.1, 0.15) is 5.82 Å². The number of nitrogens with zero attached hydrogens (tertiary/aromatic N) is 1. The van der Waals surface area contributed by atoms with E-state index in [1.54, 1.807) is 6.92 Å². The number of nitrogens with one attached hydrogen (secondary N) is 1. The molecule has 0 saturated carbocycles. The van der Waals surface area contributed by atoms with Crippen LogP contribution >= 0.6 is 0 Å².